The molecule has 3 rings (SSSR count). The number of rotatable bonds is 3. The van der Waals surface area contributed by atoms with E-state index < -0.39 is 0 Å². The largest absolute Gasteiger partial charge is 0.329 e. The zero-order chi connectivity index (χ0) is 17.1. The van der Waals surface area contributed by atoms with Crippen molar-refractivity contribution in [2.45, 2.75) is 19.4 Å². The summed E-state index contributed by atoms with van der Waals surface area (Å²) in [6.45, 7) is 2.51. The van der Waals surface area contributed by atoms with Gasteiger partial charge < -0.3 is 9.80 Å². The zero-order valence-corrected chi connectivity index (χ0v) is 14.1. The van der Waals surface area contributed by atoms with Crippen LogP contribution in [0.25, 0.3) is 0 Å². The van der Waals surface area contributed by atoms with E-state index in [1.807, 2.05) is 25.1 Å². The number of amides is 2. The third kappa shape index (κ3) is 3.57. The molecule has 1 atom stereocenters. The van der Waals surface area contributed by atoms with Crippen molar-refractivity contribution in [3.05, 3.63) is 59.4 Å². The summed E-state index contributed by atoms with van der Waals surface area (Å²) >= 11 is 5.90. The van der Waals surface area contributed by atoms with Crippen molar-refractivity contribution in [3.63, 3.8) is 0 Å². The molecular formula is C18H18ClN3O2. The minimum atomic E-state index is -0.0880. The van der Waals surface area contributed by atoms with Gasteiger partial charge in [-0.1, -0.05) is 17.7 Å². The highest BCUT2D eigenvalue weighted by atomic mass is 35.5. The zero-order valence-electron chi connectivity index (χ0n) is 13.4. The third-order valence-electron chi connectivity index (χ3n) is 4.12. The number of anilines is 1. The van der Waals surface area contributed by atoms with Crippen LogP contribution in [0.4, 0.5) is 5.69 Å². The molecule has 1 fully saturated rings. The third-order valence-corrected chi connectivity index (χ3v) is 4.37. The van der Waals surface area contributed by atoms with Crippen LogP contribution in [-0.4, -0.2) is 40.8 Å². The molecule has 1 aromatic carbocycles. The maximum atomic E-state index is 12.5. The molecule has 0 N–H and O–H groups in total. The van der Waals surface area contributed by atoms with E-state index in [2.05, 4.69) is 4.98 Å². The van der Waals surface area contributed by atoms with Crippen LogP contribution in [0.3, 0.4) is 0 Å². The van der Waals surface area contributed by atoms with Gasteiger partial charge in [-0.15, -0.1) is 0 Å². The topological polar surface area (TPSA) is 53.5 Å². The molecule has 0 aliphatic carbocycles. The summed E-state index contributed by atoms with van der Waals surface area (Å²) in [6, 6.07) is 10.8. The van der Waals surface area contributed by atoms with Crippen LogP contribution in [0.15, 0.2) is 48.8 Å². The molecule has 1 aliphatic rings. The molecule has 2 heterocycles. The Morgan fingerprint density at radius 2 is 2.04 bits per heavy atom. The minimum Gasteiger partial charge on any atom is -0.329 e. The average molecular weight is 344 g/mol. The highest BCUT2D eigenvalue weighted by Crippen LogP contribution is 2.22. The van der Waals surface area contributed by atoms with Gasteiger partial charge in [-0.3, -0.25) is 14.6 Å². The van der Waals surface area contributed by atoms with E-state index in [1.54, 1.807) is 40.4 Å². The number of hydrogen-bond donors (Lipinski definition) is 0. The summed E-state index contributed by atoms with van der Waals surface area (Å²) in [5.41, 5.74) is 1.65. The van der Waals surface area contributed by atoms with Crippen molar-refractivity contribution < 1.29 is 9.59 Å². The molecule has 124 valence electrons. The number of halogens is 1. The van der Waals surface area contributed by atoms with Crippen molar-refractivity contribution in [3.8, 4) is 0 Å². The van der Waals surface area contributed by atoms with Crippen molar-refractivity contribution in [2.75, 3.05) is 18.0 Å². The molecule has 0 radical (unpaired) electrons. The van der Waals surface area contributed by atoms with Crippen LogP contribution < -0.4 is 4.90 Å². The first-order valence-corrected chi connectivity index (χ1v) is 8.16. The lowest BCUT2D eigenvalue weighted by atomic mass is 10.1. The Bertz CT molecular complexity index is 734. The number of benzene rings is 1. The van der Waals surface area contributed by atoms with E-state index in [0.29, 0.717) is 11.6 Å². The first kappa shape index (κ1) is 16.5. The predicted molar refractivity (Wildman–Crippen MR) is 92.9 cm³/mol. The number of carbonyl (C=O) groups is 2. The number of aromatic nitrogens is 1. The van der Waals surface area contributed by atoms with E-state index in [9.17, 15) is 9.59 Å². The monoisotopic (exact) mass is 343 g/mol. The highest BCUT2D eigenvalue weighted by molar-refractivity contribution is 6.30. The van der Waals surface area contributed by atoms with Crippen molar-refractivity contribution in [1.82, 2.24) is 9.88 Å². The highest BCUT2D eigenvalue weighted by Gasteiger charge is 2.33. The lowest BCUT2D eigenvalue weighted by Crippen LogP contribution is -2.57. The van der Waals surface area contributed by atoms with E-state index >= 15 is 0 Å². The van der Waals surface area contributed by atoms with Crippen molar-refractivity contribution in [2.24, 2.45) is 0 Å². The molecule has 0 unspecified atom stereocenters. The van der Waals surface area contributed by atoms with Crippen LogP contribution in [0.5, 0.6) is 0 Å². The summed E-state index contributed by atoms with van der Waals surface area (Å²) < 4.78 is 0. The van der Waals surface area contributed by atoms with Gasteiger partial charge in [0, 0.05) is 35.7 Å². The first-order chi connectivity index (χ1) is 11.5. The quantitative estimate of drug-likeness (QED) is 0.860. The summed E-state index contributed by atoms with van der Waals surface area (Å²) in [5.74, 6) is -0.144. The van der Waals surface area contributed by atoms with Crippen molar-refractivity contribution >= 4 is 29.1 Å². The Labute approximate surface area is 145 Å². The molecule has 1 aromatic heterocycles. The van der Waals surface area contributed by atoms with E-state index in [0.717, 1.165) is 11.3 Å². The molecule has 1 aliphatic heterocycles. The van der Waals surface area contributed by atoms with E-state index in [1.165, 1.54) is 0 Å². The maximum Gasteiger partial charge on any atom is 0.246 e. The van der Waals surface area contributed by atoms with E-state index in [4.69, 9.17) is 11.6 Å². The van der Waals surface area contributed by atoms with Gasteiger partial charge in [0.1, 0.15) is 6.54 Å². The Morgan fingerprint density at radius 1 is 1.29 bits per heavy atom. The Hall–Kier alpha value is -2.40. The second-order valence-electron chi connectivity index (χ2n) is 5.89. The molecule has 0 saturated carbocycles. The van der Waals surface area contributed by atoms with Crippen LogP contribution in [0.1, 0.15) is 12.5 Å². The predicted octanol–water partition coefficient (Wildman–Crippen LogP) is 2.54. The Morgan fingerprint density at radius 3 is 2.71 bits per heavy atom. The number of nitrogens with zero attached hydrogens (tertiary/aromatic N) is 3. The van der Waals surface area contributed by atoms with Gasteiger partial charge >= 0.3 is 0 Å². The van der Waals surface area contributed by atoms with Gasteiger partial charge in [-0.25, -0.2) is 0 Å². The SMILES string of the molecule is C[C@@H]1CN(c2ccc(Cl)cc2)C(=O)CN1C(=O)Cc1cccnc1. The van der Waals surface area contributed by atoms with Gasteiger partial charge in [0.25, 0.3) is 0 Å². The number of piperazine rings is 1. The molecule has 0 bridgehead atoms. The summed E-state index contributed by atoms with van der Waals surface area (Å²) in [5, 5.41) is 0.629. The molecule has 2 amide bonds. The smallest absolute Gasteiger partial charge is 0.246 e. The maximum absolute atomic E-state index is 12.5. The molecule has 24 heavy (non-hydrogen) atoms. The van der Waals surface area contributed by atoms with Crippen LogP contribution >= 0.6 is 11.6 Å². The van der Waals surface area contributed by atoms with Crippen LogP contribution in [-0.2, 0) is 16.0 Å². The van der Waals surface area contributed by atoms with Gasteiger partial charge in [0.15, 0.2) is 0 Å². The van der Waals surface area contributed by atoms with Gasteiger partial charge in [-0.05, 0) is 42.8 Å². The molecular weight excluding hydrogens is 326 g/mol. The molecule has 6 heteroatoms. The fourth-order valence-electron chi connectivity index (χ4n) is 2.83. The number of carbonyl (C=O) groups excluding carboxylic acids is 2. The first-order valence-electron chi connectivity index (χ1n) is 7.79. The minimum absolute atomic E-state index is 0.0532. The Kier molecular flexibility index (Phi) is 4.81. The number of pyridine rings is 1. The standard InChI is InChI=1S/C18H18ClN3O2/c1-13-11-22(16-6-4-15(19)5-7-16)18(24)12-21(13)17(23)9-14-3-2-8-20-10-14/h2-8,10,13H,9,11-12H2,1H3/t13-/m1/s1. The number of hydrogen-bond acceptors (Lipinski definition) is 3. The van der Waals surface area contributed by atoms with Crippen LogP contribution in [0, 0.1) is 0 Å². The van der Waals surface area contributed by atoms with Gasteiger partial charge in [-0.2, -0.15) is 0 Å². The lowest BCUT2D eigenvalue weighted by Gasteiger charge is -2.39. The lowest BCUT2D eigenvalue weighted by molar-refractivity contribution is -0.138. The average Bonchev–Trinajstić information content (AvgIpc) is 2.58. The van der Waals surface area contributed by atoms with E-state index in [-0.39, 0.29) is 30.8 Å². The second kappa shape index (κ2) is 7.01. The summed E-state index contributed by atoms with van der Waals surface area (Å²) in [6.07, 6.45) is 3.60. The second-order valence-corrected chi connectivity index (χ2v) is 6.33. The summed E-state index contributed by atoms with van der Waals surface area (Å²) in [7, 11) is 0. The normalized spacial score (nSPS) is 17.9. The summed E-state index contributed by atoms with van der Waals surface area (Å²) in [4.78, 5) is 32.4. The molecule has 0 spiro atoms. The molecule has 1 saturated heterocycles. The fraction of sp³-hybridized carbons (Fsp3) is 0.278. The van der Waals surface area contributed by atoms with Crippen LogP contribution in [0.2, 0.25) is 5.02 Å². The van der Waals surface area contributed by atoms with Gasteiger partial charge in [0.05, 0.1) is 6.42 Å². The molecule has 2 aromatic rings. The van der Waals surface area contributed by atoms with Gasteiger partial charge in [0.2, 0.25) is 11.8 Å². The molecule has 5 nitrogen and oxygen atoms in total. The Balaban J connectivity index is 1.70. The van der Waals surface area contributed by atoms with Crippen molar-refractivity contribution in [1.29, 1.82) is 0 Å². The fourth-order valence-corrected chi connectivity index (χ4v) is 2.96.